The summed E-state index contributed by atoms with van der Waals surface area (Å²) in [5.74, 6) is -0.203. The van der Waals surface area contributed by atoms with E-state index in [0.717, 1.165) is 0 Å². The number of rotatable bonds is 2. The highest BCUT2D eigenvalue weighted by atomic mass is 79.9. The molecule has 0 atom stereocenters. The van der Waals surface area contributed by atoms with Crippen molar-refractivity contribution in [1.29, 1.82) is 0 Å². The lowest BCUT2D eigenvalue weighted by atomic mass is 10.1. The van der Waals surface area contributed by atoms with Crippen LogP contribution in [-0.2, 0) is 4.74 Å². The maximum absolute atomic E-state index is 11.4. The van der Waals surface area contributed by atoms with Gasteiger partial charge in [-0.05, 0) is 34.1 Å². The normalized spacial score (nSPS) is 10.4. The summed E-state index contributed by atoms with van der Waals surface area (Å²) in [6.07, 6.45) is 0. The number of nitrogens with zero attached hydrogens (tertiary/aromatic N) is 1. The molecule has 0 aliphatic carbocycles. The maximum atomic E-state index is 11.4. The highest BCUT2D eigenvalue weighted by Gasteiger charge is 2.21. The molecule has 7 heteroatoms. The Morgan fingerprint density at radius 1 is 1.39 bits per heavy atom. The fourth-order valence-corrected chi connectivity index (χ4v) is 2.15. The number of methoxy groups -OCH3 is 1. The Morgan fingerprint density at radius 3 is 2.72 bits per heavy atom. The molecule has 0 bridgehead atoms. The minimum Gasteiger partial charge on any atom is -0.464 e. The van der Waals surface area contributed by atoms with Crippen molar-refractivity contribution in [1.82, 2.24) is 5.16 Å². The molecule has 0 aliphatic heterocycles. The van der Waals surface area contributed by atoms with Crippen molar-refractivity contribution in [3.8, 4) is 11.3 Å². The summed E-state index contributed by atoms with van der Waals surface area (Å²) in [5, 5.41) is 4.46. The largest absolute Gasteiger partial charge is 0.464 e. The zero-order valence-corrected chi connectivity index (χ0v) is 12.1. The minimum absolute atomic E-state index is 0.0681. The van der Waals surface area contributed by atoms with Crippen molar-refractivity contribution in [2.75, 3.05) is 7.11 Å². The van der Waals surface area contributed by atoms with Crippen molar-refractivity contribution < 1.29 is 14.1 Å². The smallest absolute Gasteiger partial charge is 0.361 e. The zero-order valence-electron chi connectivity index (χ0n) is 9.04. The van der Waals surface area contributed by atoms with Crippen LogP contribution in [0.1, 0.15) is 10.5 Å². The van der Waals surface area contributed by atoms with Crippen LogP contribution in [0.4, 0.5) is 0 Å². The van der Waals surface area contributed by atoms with Gasteiger partial charge < -0.3 is 9.26 Å². The van der Waals surface area contributed by atoms with Gasteiger partial charge in [-0.15, -0.1) is 0 Å². The standard InChI is InChI=1S/C11H6BrCl2NO3/c1-17-11(16)9-8(12)10(18-15-9)5-2-3-6(13)7(14)4-5/h2-4H,1H3. The van der Waals surface area contributed by atoms with Gasteiger partial charge in [-0.3, -0.25) is 0 Å². The van der Waals surface area contributed by atoms with Gasteiger partial charge >= 0.3 is 5.97 Å². The van der Waals surface area contributed by atoms with E-state index in [9.17, 15) is 4.79 Å². The summed E-state index contributed by atoms with van der Waals surface area (Å²) in [6.45, 7) is 0. The summed E-state index contributed by atoms with van der Waals surface area (Å²) in [6, 6.07) is 4.96. The van der Waals surface area contributed by atoms with E-state index < -0.39 is 5.97 Å². The molecule has 1 aromatic carbocycles. The number of esters is 1. The van der Waals surface area contributed by atoms with Crippen LogP contribution in [0.2, 0.25) is 10.0 Å². The van der Waals surface area contributed by atoms with E-state index in [1.54, 1.807) is 18.2 Å². The van der Waals surface area contributed by atoms with Crippen molar-refractivity contribution in [2.24, 2.45) is 0 Å². The molecule has 1 heterocycles. The third kappa shape index (κ3) is 2.39. The number of carbonyl (C=O) groups is 1. The average Bonchev–Trinajstić information content (AvgIpc) is 2.74. The van der Waals surface area contributed by atoms with E-state index >= 15 is 0 Å². The Balaban J connectivity index is 2.48. The van der Waals surface area contributed by atoms with E-state index in [2.05, 4.69) is 25.8 Å². The number of hydrogen-bond donors (Lipinski definition) is 0. The van der Waals surface area contributed by atoms with Gasteiger partial charge in [-0.2, -0.15) is 0 Å². The zero-order chi connectivity index (χ0) is 13.3. The molecule has 0 saturated carbocycles. The highest BCUT2D eigenvalue weighted by molar-refractivity contribution is 9.10. The number of hydrogen-bond acceptors (Lipinski definition) is 4. The van der Waals surface area contributed by atoms with Crippen LogP contribution in [0, 0.1) is 0 Å². The van der Waals surface area contributed by atoms with Crippen LogP contribution in [0.25, 0.3) is 11.3 Å². The van der Waals surface area contributed by atoms with Gasteiger partial charge in [0.2, 0.25) is 5.69 Å². The van der Waals surface area contributed by atoms with E-state index in [1.807, 2.05) is 0 Å². The SMILES string of the molecule is COC(=O)c1noc(-c2ccc(Cl)c(Cl)c2)c1Br. The maximum Gasteiger partial charge on any atom is 0.361 e. The van der Waals surface area contributed by atoms with Crippen molar-refractivity contribution >= 4 is 45.1 Å². The second-order valence-corrected chi connectivity index (χ2v) is 4.90. The lowest BCUT2D eigenvalue weighted by Crippen LogP contribution is -2.01. The second-order valence-electron chi connectivity index (χ2n) is 3.29. The molecule has 0 saturated heterocycles. The molecule has 0 amide bonds. The number of benzene rings is 1. The Morgan fingerprint density at radius 2 is 2.11 bits per heavy atom. The van der Waals surface area contributed by atoms with Gasteiger partial charge in [0.05, 0.1) is 17.2 Å². The van der Waals surface area contributed by atoms with Crippen LogP contribution < -0.4 is 0 Å². The third-order valence-electron chi connectivity index (χ3n) is 2.20. The molecular weight excluding hydrogens is 345 g/mol. The Kier molecular flexibility index (Phi) is 3.94. The summed E-state index contributed by atoms with van der Waals surface area (Å²) >= 11 is 15.0. The molecule has 94 valence electrons. The van der Waals surface area contributed by atoms with Gasteiger partial charge in [0.15, 0.2) is 5.76 Å². The minimum atomic E-state index is -0.586. The Hall–Kier alpha value is -1.04. The topological polar surface area (TPSA) is 52.3 Å². The van der Waals surface area contributed by atoms with E-state index in [0.29, 0.717) is 25.8 Å². The molecule has 0 radical (unpaired) electrons. The predicted molar refractivity (Wildman–Crippen MR) is 71.0 cm³/mol. The van der Waals surface area contributed by atoms with Crippen molar-refractivity contribution in [3.63, 3.8) is 0 Å². The van der Waals surface area contributed by atoms with Crippen LogP contribution in [0.3, 0.4) is 0 Å². The first kappa shape index (κ1) is 13.4. The molecule has 0 aliphatic rings. The quantitative estimate of drug-likeness (QED) is 0.762. The number of halogens is 3. The molecule has 2 rings (SSSR count). The molecule has 18 heavy (non-hydrogen) atoms. The van der Waals surface area contributed by atoms with Gasteiger partial charge in [0, 0.05) is 5.56 Å². The fourth-order valence-electron chi connectivity index (χ4n) is 1.32. The number of carbonyl (C=O) groups excluding carboxylic acids is 1. The second kappa shape index (κ2) is 5.30. The monoisotopic (exact) mass is 349 g/mol. The van der Waals surface area contributed by atoms with Crippen molar-refractivity contribution in [2.45, 2.75) is 0 Å². The summed E-state index contributed by atoms with van der Waals surface area (Å²) in [4.78, 5) is 11.4. The fraction of sp³-hybridized carbons (Fsp3) is 0.0909. The van der Waals surface area contributed by atoms with E-state index in [4.69, 9.17) is 27.7 Å². The third-order valence-corrected chi connectivity index (χ3v) is 3.67. The highest BCUT2D eigenvalue weighted by Crippen LogP contribution is 2.34. The molecule has 2 aromatic rings. The average molecular weight is 351 g/mol. The first-order chi connectivity index (χ1) is 8.54. The van der Waals surface area contributed by atoms with E-state index in [1.165, 1.54) is 7.11 Å². The molecule has 0 fully saturated rings. The lowest BCUT2D eigenvalue weighted by molar-refractivity contribution is 0.0588. The van der Waals surface area contributed by atoms with Gasteiger partial charge in [0.25, 0.3) is 0 Å². The molecule has 4 nitrogen and oxygen atoms in total. The molecule has 0 N–H and O–H groups in total. The van der Waals surface area contributed by atoms with Crippen LogP contribution >= 0.6 is 39.1 Å². The van der Waals surface area contributed by atoms with Crippen LogP contribution in [-0.4, -0.2) is 18.2 Å². The number of aromatic nitrogens is 1. The first-order valence-electron chi connectivity index (χ1n) is 4.73. The first-order valence-corrected chi connectivity index (χ1v) is 6.28. The summed E-state index contributed by atoms with van der Waals surface area (Å²) < 4.78 is 10.1. The van der Waals surface area contributed by atoms with Crippen LogP contribution in [0.5, 0.6) is 0 Å². The molecule has 1 aromatic heterocycles. The molecule has 0 unspecified atom stereocenters. The van der Waals surface area contributed by atoms with Gasteiger partial charge in [-0.1, -0.05) is 28.4 Å². The lowest BCUT2D eigenvalue weighted by Gasteiger charge is -1.99. The summed E-state index contributed by atoms with van der Waals surface area (Å²) in [5.41, 5.74) is 0.720. The summed E-state index contributed by atoms with van der Waals surface area (Å²) in [7, 11) is 1.27. The van der Waals surface area contributed by atoms with Gasteiger partial charge in [0.1, 0.15) is 4.47 Å². The molecule has 0 spiro atoms. The van der Waals surface area contributed by atoms with E-state index in [-0.39, 0.29) is 5.69 Å². The predicted octanol–water partition coefficient (Wildman–Crippen LogP) is 4.20. The van der Waals surface area contributed by atoms with Gasteiger partial charge in [-0.25, -0.2) is 4.79 Å². The van der Waals surface area contributed by atoms with Crippen LogP contribution in [0.15, 0.2) is 27.2 Å². The Labute approximate surface area is 121 Å². The number of ether oxygens (including phenoxy) is 1. The van der Waals surface area contributed by atoms with Crippen molar-refractivity contribution in [3.05, 3.63) is 38.4 Å². The Bertz CT molecular complexity index is 612. The molecular formula is C11H6BrCl2NO3.